The lowest BCUT2D eigenvalue weighted by Crippen LogP contribution is -2.54. The number of halogens is 2. The zero-order valence-electron chi connectivity index (χ0n) is 16.0. The number of nitrogens with one attached hydrogen (secondary N) is 2. The molecule has 2 aliphatic rings. The second kappa shape index (κ2) is 8.96. The van der Waals surface area contributed by atoms with Gasteiger partial charge in [-0.2, -0.15) is 0 Å². The molecule has 1 aromatic heterocycles. The zero-order valence-corrected chi connectivity index (χ0v) is 18.3. The van der Waals surface area contributed by atoms with Gasteiger partial charge in [0, 0.05) is 37.2 Å². The molecule has 0 radical (unpaired) electrons. The van der Waals surface area contributed by atoms with Crippen molar-refractivity contribution in [3.05, 3.63) is 25.9 Å². The molecule has 0 saturated carbocycles. The molecule has 0 spiro atoms. The first-order chi connectivity index (χ1) is 14.4. The number of aromatic nitrogens is 2. The van der Waals surface area contributed by atoms with Gasteiger partial charge >= 0.3 is 6.09 Å². The first-order valence-corrected chi connectivity index (χ1v) is 10.7. The predicted octanol–water partition coefficient (Wildman–Crippen LogP) is 1.51. The molecule has 162 valence electrons. The Labute approximate surface area is 185 Å². The van der Waals surface area contributed by atoms with E-state index in [2.05, 4.69) is 31.2 Å². The average Bonchev–Trinajstić information content (AvgIpc) is 2.75. The molecule has 0 aliphatic carbocycles. The Morgan fingerprint density at radius 2 is 2.17 bits per heavy atom. The summed E-state index contributed by atoms with van der Waals surface area (Å²) in [6, 6.07) is 1.47. The molecule has 4 rings (SSSR count). The first kappa shape index (κ1) is 21.2. The molecule has 30 heavy (non-hydrogen) atoms. The van der Waals surface area contributed by atoms with Crippen LogP contribution in [0.3, 0.4) is 0 Å². The van der Waals surface area contributed by atoms with Gasteiger partial charge < -0.3 is 29.7 Å². The van der Waals surface area contributed by atoms with Crippen molar-refractivity contribution in [1.29, 1.82) is 0 Å². The van der Waals surface area contributed by atoms with E-state index in [1.807, 2.05) is 4.90 Å². The molecule has 3 N–H and O–H groups in total. The summed E-state index contributed by atoms with van der Waals surface area (Å²) >= 11 is 9.83. The van der Waals surface area contributed by atoms with Crippen molar-refractivity contribution in [2.24, 2.45) is 0 Å². The number of hydrogen-bond acceptors (Lipinski definition) is 7. The summed E-state index contributed by atoms with van der Waals surface area (Å²) in [7, 11) is 0. The molecule has 2 saturated heterocycles. The molecule has 12 heteroatoms. The van der Waals surface area contributed by atoms with Crippen LogP contribution in [0.1, 0.15) is 0 Å². The molecule has 0 bridgehead atoms. The minimum Gasteiger partial charge on any atom is -0.489 e. The van der Waals surface area contributed by atoms with Crippen LogP contribution in [0, 0.1) is 0 Å². The number of rotatable bonds is 4. The number of H-pyrrole nitrogens is 1. The van der Waals surface area contributed by atoms with E-state index < -0.39 is 6.09 Å². The number of hydrogen-bond donors (Lipinski definition) is 3. The highest BCUT2D eigenvalue weighted by atomic mass is 79.9. The molecule has 2 aromatic rings. The van der Waals surface area contributed by atoms with E-state index >= 15 is 0 Å². The first-order valence-electron chi connectivity index (χ1n) is 9.53. The number of ether oxygens (including phenoxy) is 2. The lowest BCUT2D eigenvalue weighted by Gasteiger charge is -2.31. The Morgan fingerprint density at radius 1 is 1.40 bits per heavy atom. The third kappa shape index (κ3) is 4.34. The van der Waals surface area contributed by atoms with Crippen molar-refractivity contribution in [2.75, 3.05) is 57.4 Å². The van der Waals surface area contributed by atoms with Crippen LogP contribution in [-0.2, 0) is 4.74 Å². The fraction of sp³-hybridized carbons (Fsp3) is 0.500. The number of amides is 1. The SMILES string of the molecule is O=C(O)N1CCNC(COc2c(Cl)c(Br)cc3nc(N4CCOCC4)[nH]c(=O)c23)C1. The Hall–Kier alpha value is -2.08. The molecule has 3 heterocycles. The lowest BCUT2D eigenvalue weighted by molar-refractivity contribution is 0.118. The van der Waals surface area contributed by atoms with Crippen LogP contribution >= 0.6 is 27.5 Å². The number of carbonyl (C=O) groups is 1. The van der Waals surface area contributed by atoms with E-state index in [0.717, 1.165) is 0 Å². The number of carboxylic acid groups (broad SMARTS) is 1. The predicted molar refractivity (Wildman–Crippen MR) is 115 cm³/mol. The van der Waals surface area contributed by atoms with E-state index in [1.165, 1.54) is 4.90 Å². The maximum Gasteiger partial charge on any atom is 0.407 e. The third-order valence-corrected chi connectivity index (χ3v) is 6.33. The van der Waals surface area contributed by atoms with Crippen molar-refractivity contribution in [3.63, 3.8) is 0 Å². The van der Waals surface area contributed by atoms with Crippen molar-refractivity contribution in [2.45, 2.75) is 6.04 Å². The van der Waals surface area contributed by atoms with E-state index in [-0.39, 0.29) is 40.9 Å². The standard InChI is InChI=1S/C18H21BrClN5O5/c19-11-7-12-13(16(26)23-17(22-12)24-3-5-29-6-4-24)15(14(11)20)30-9-10-8-25(18(27)28)2-1-21-10/h7,10,21H,1-6,8-9H2,(H,27,28)(H,22,23,26). The summed E-state index contributed by atoms with van der Waals surface area (Å²) in [5.74, 6) is 0.694. The second-order valence-electron chi connectivity index (χ2n) is 7.08. The van der Waals surface area contributed by atoms with Crippen molar-refractivity contribution >= 4 is 50.5 Å². The van der Waals surface area contributed by atoms with Crippen LogP contribution < -0.4 is 20.5 Å². The molecular weight excluding hydrogens is 482 g/mol. The highest BCUT2D eigenvalue weighted by Crippen LogP contribution is 2.37. The van der Waals surface area contributed by atoms with Crippen LogP contribution in [0.15, 0.2) is 15.3 Å². The highest BCUT2D eigenvalue weighted by Gasteiger charge is 2.25. The minimum atomic E-state index is -0.969. The Morgan fingerprint density at radius 3 is 2.90 bits per heavy atom. The smallest absolute Gasteiger partial charge is 0.407 e. The number of nitrogens with zero attached hydrogens (tertiary/aromatic N) is 3. The summed E-state index contributed by atoms with van der Waals surface area (Å²) in [5.41, 5.74) is 0.102. The van der Waals surface area contributed by atoms with E-state index in [9.17, 15) is 14.7 Å². The fourth-order valence-corrected chi connectivity index (χ4v) is 4.16. The van der Waals surface area contributed by atoms with Gasteiger partial charge in [0.25, 0.3) is 5.56 Å². The molecular formula is C18H21BrClN5O5. The Balaban J connectivity index is 1.63. The lowest BCUT2D eigenvalue weighted by atomic mass is 10.2. The third-order valence-electron chi connectivity index (χ3n) is 5.10. The van der Waals surface area contributed by atoms with Crippen LogP contribution in [-0.4, -0.2) is 84.7 Å². The maximum absolute atomic E-state index is 12.9. The molecule has 1 unspecified atom stereocenters. The van der Waals surface area contributed by atoms with Crippen molar-refractivity contribution in [3.8, 4) is 5.75 Å². The van der Waals surface area contributed by atoms with Gasteiger partial charge in [-0.1, -0.05) is 11.6 Å². The number of fused-ring (bicyclic) bond motifs is 1. The van der Waals surface area contributed by atoms with Crippen LogP contribution in [0.5, 0.6) is 5.75 Å². The summed E-state index contributed by atoms with van der Waals surface area (Å²) in [5, 5.41) is 12.9. The van der Waals surface area contributed by atoms with Gasteiger partial charge in [0.1, 0.15) is 12.0 Å². The van der Waals surface area contributed by atoms with Gasteiger partial charge in [-0.05, 0) is 22.0 Å². The maximum atomic E-state index is 12.9. The number of benzene rings is 1. The summed E-state index contributed by atoms with van der Waals surface area (Å²) < 4.78 is 11.8. The molecule has 1 aromatic carbocycles. The molecule has 1 atom stereocenters. The highest BCUT2D eigenvalue weighted by molar-refractivity contribution is 9.10. The minimum absolute atomic E-state index is 0.152. The van der Waals surface area contributed by atoms with Crippen molar-refractivity contribution in [1.82, 2.24) is 20.2 Å². The summed E-state index contributed by atoms with van der Waals surface area (Å²) in [6.45, 7) is 3.80. The van der Waals surface area contributed by atoms with Crippen LogP contribution in [0.25, 0.3) is 10.9 Å². The van der Waals surface area contributed by atoms with Crippen LogP contribution in [0.4, 0.5) is 10.7 Å². The number of anilines is 1. The summed E-state index contributed by atoms with van der Waals surface area (Å²) in [6.07, 6.45) is -0.969. The quantitative estimate of drug-likeness (QED) is 0.575. The number of morpholine rings is 1. The van der Waals surface area contributed by atoms with Gasteiger partial charge in [0.05, 0.1) is 29.8 Å². The number of piperazine rings is 1. The summed E-state index contributed by atoms with van der Waals surface area (Å²) in [4.78, 5) is 34.8. The van der Waals surface area contributed by atoms with E-state index in [1.54, 1.807) is 6.07 Å². The van der Waals surface area contributed by atoms with E-state index in [4.69, 9.17) is 21.1 Å². The van der Waals surface area contributed by atoms with Gasteiger partial charge in [-0.25, -0.2) is 9.78 Å². The van der Waals surface area contributed by atoms with Crippen LogP contribution in [0.2, 0.25) is 5.02 Å². The van der Waals surface area contributed by atoms with Gasteiger partial charge in [-0.3, -0.25) is 9.78 Å². The Kier molecular flexibility index (Phi) is 6.32. The normalized spacial score (nSPS) is 19.9. The monoisotopic (exact) mass is 501 g/mol. The van der Waals surface area contributed by atoms with E-state index in [0.29, 0.717) is 55.3 Å². The van der Waals surface area contributed by atoms with Gasteiger partial charge in [-0.15, -0.1) is 0 Å². The topological polar surface area (TPSA) is 120 Å². The number of aromatic amines is 1. The molecule has 2 fully saturated rings. The molecule has 2 aliphatic heterocycles. The van der Waals surface area contributed by atoms with Gasteiger partial charge in [0.2, 0.25) is 5.95 Å². The fourth-order valence-electron chi connectivity index (χ4n) is 3.56. The molecule has 1 amide bonds. The average molecular weight is 503 g/mol. The second-order valence-corrected chi connectivity index (χ2v) is 8.31. The zero-order chi connectivity index (χ0) is 21.3. The van der Waals surface area contributed by atoms with Gasteiger partial charge in [0.15, 0.2) is 5.75 Å². The largest absolute Gasteiger partial charge is 0.489 e. The Bertz CT molecular complexity index is 1010. The van der Waals surface area contributed by atoms with Crippen molar-refractivity contribution < 1.29 is 19.4 Å². The molecule has 10 nitrogen and oxygen atoms in total.